The number of ether oxygens (including phenoxy) is 2. The molecule has 0 atom stereocenters. The van der Waals surface area contributed by atoms with Crippen LogP contribution in [0.4, 0.5) is 11.8 Å². The van der Waals surface area contributed by atoms with Gasteiger partial charge in [0.05, 0.1) is 26.5 Å². The average molecular weight is 428 g/mol. The molecule has 8 heteroatoms. The lowest BCUT2D eigenvalue weighted by molar-refractivity contribution is 0.406. The van der Waals surface area contributed by atoms with Crippen LogP contribution in [0.25, 0.3) is 0 Å². The van der Waals surface area contributed by atoms with E-state index in [4.69, 9.17) is 26.8 Å². The first-order valence-electron chi connectivity index (χ1n) is 9.58. The van der Waals surface area contributed by atoms with Gasteiger partial charge in [0.1, 0.15) is 22.5 Å². The molecule has 2 N–H and O–H groups in total. The van der Waals surface area contributed by atoms with Crippen LogP contribution >= 0.6 is 11.6 Å². The highest BCUT2D eigenvalue weighted by Gasteiger charge is 2.16. The summed E-state index contributed by atoms with van der Waals surface area (Å²) in [5.74, 6) is 2.45. The van der Waals surface area contributed by atoms with E-state index < -0.39 is 0 Å². The van der Waals surface area contributed by atoms with Crippen molar-refractivity contribution in [2.24, 2.45) is 0 Å². The Kier molecular flexibility index (Phi) is 6.95. The van der Waals surface area contributed by atoms with E-state index >= 15 is 0 Å². The average Bonchev–Trinajstić information content (AvgIpc) is 2.72. The van der Waals surface area contributed by atoms with Crippen molar-refractivity contribution in [1.29, 1.82) is 0 Å². The molecular formula is C22H26ClN5O2. The molecule has 0 saturated carbocycles. The van der Waals surface area contributed by atoms with Crippen LogP contribution in [0.1, 0.15) is 22.4 Å². The van der Waals surface area contributed by atoms with Gasteiger partial charge in [-0.25, -0.2) is 4.98 Å². The Bertz CT molecular complexity index is 1010. The van der Waals surface area contributed by atoms with E-state index in [1.807, 2.05) is 38.2 Å². The van der Waals surface area contributed by atoms with Crippen molar-refractivity contribution in [2.45, 2.75) is 26.8 Å². The maximum atomic E-state index is 6.14. The zero-order valence-electron chi connectivity index (χ0n) is 17.6. The van der Waals surface area contributed by atoms with Gasteiger partial charge >= 0.3 is 0 Å². The number of halogens is 1. The van der Waals surface area contributed by atoms with Gasteiger partial charge in [-0.2, -0.15) is 4.98 Å². The van der Waals surface area contributed by atoms with Crippen molar-refractivity contribution >= 4 is 23.4 Å². The molecule has 0 radical (unpaired) electrons. The predicted octanol–water partition coefficient (Wildman–Crippen LogP) is 3.99. The molecule has 0 aliphatic heterocycles. The summed E-state index contributed by atoms with van der Waals surface area (Å²) in [4.78, 5) is 15.1. The van der Waals surface area contributed by atoms with Crippen molar-refractivity contribution < 1.29 is 9.47 Å². The van der Waals surface area contributed by atoms with Gasteiger partial charge in [0.2, 0.25) is 5.95 Å². The fourth-order valence-corrected chi connectivity index (χ4v) is 3.55. The largest absolute Gasteiger partial charge is 0.497 e. The second-order valence-corrected chi connectivity index (χ2v) is 7.36. The Morgan fingerprint density at radius 2 is 1.90 bits per heavy atom. The smallest absolute Gasteiger partial charge is 0.223 e. The fourth-order valence-electron chi connectivity index (χ4n) is 3.36. The second-order valence-electron chi connectivity index (χ2n) is 6.98. The first kappa shape index (κ1) is 21.6. The summed E-state index contributed by atoms with van der Waals surface area (Å²) < 4.78 is 10.9. The van der Waals surface area contributed by atoms with Gasteiger partial charge in [-0.05, 0) is 38.0 Å². The summed E-state index contributed by atoms with van der Waals surface area (Å²) in [6.45, 7) is 5.19. The molecule has 3 rings (SSSR count). The minimum Gasteiger partial charge on any atom is -0.497 e. The molecule has 30 heavy (non-hydrogen) atoms. The Morgan fingerprint density at radius 1 is 1.10 bits per heavy atom. The fraction of sp³-hybridized carbons (Fsp3) is 0.318. The molecule has 1 aromatic carbocycles. The van der Waals surface area contributed by atoms with Gasteiger partial charge in [-0.15, -0.1) is 0 Å². The lowest BCUT2D eigenvalue weighted by Crippen LogP contribution is -2.27. The molecule has 158 valence electrons. The number of anilines is 2. The van der Waals surface area contributed by atoms with Gasteiger partial charge in [-0.3, -0.25) is 4.98 Å². The molecule has 0 spiro atoms. The number of methoxy groups -OCH3 is 2. The van der Waals surface area contributed by atoms with Gasteiger partial charge in [0.15, 0.2) is 0 Å². The minimum atomic E-state index is 0.134. The van der Waals surface area contributed by atoms with Crippen molar-refractivity contribution in [1.82, 2.24) is 15.0 Å². The van der Waals surface area contributed by atoms with Crippen LogP contribution in [0.15, 0.2) is 36.5 Å². The number of nitrogens with zero attached hydrogens (tertiary/aromatic N) is 4. The summed E-state index contributed by atoms with van der Waals surface area (Å²) in [6, 6.07) is 9.72. The summed E-state index contributed by atoms with van der Waals surface area (Å²) in [7, 11) is 3.33. The van der Waals surface area contributed by atoms with Crippen LogP contribution in [-0.2, 0) is 13.0 Å². The number of nitrogens with two attached hydrogens (primary N) is 1. The Hall–Kier alpha value is -3.06. The highest BCUT2D eigenvalue weighted by atomic mass is 35.5. The third-order valence-corrected chi connectivity index (χ3v) is 5.11. The van der Waals surface area contributed by atoms with E-state index in [-0.39, 0.29) is 5.95 Å². The second kappa shape index (κ2) is 9.63. The van der Waals surface area contributed by atoms with Crippen molar-refractivity contribution in [3.63, 3.8) is 0 Å². The highest BCUT2D eigenvalue weighted by Crippen LogP contribution is 2.27. The minimum absolute atomic E-state index is 0.134. The maximum Gasteiger partial charge on any atom is 0.223 e. The van der Waals surface area contributed by atoms with E-state index in [2.05, 4.69) is 25.9 Å². The van der Waals surface area contributed by atoms with Crippen molar-refractivity contribution in [3.8, 4) is 11.5 Å². The molecule has 0 amide bonds. The number of hydrogen-bond acceptors (Lipinski definition) is 7. The predicted molar refractivity (Wildman–Crippen MR) is 119 cm³/mol. The van der Waals surface area contributed by atoms with Crippen molar-refractivity contribution in [2.75, 3.05) is 31.4 Å². The van der Waals surface area contributed by atoms with E-state index in [0.717, 1.165) is 40.3 Å². The Balaban J connectivity index is 1.91. The summed E-state index contributed by atoms with van der Waals surface area (Å²) in [5, 5.41) is 0.301. The van der Waals surface area contributed by atoms with Crippen LogP contribution in [0.3, 0.4) is 0 Å². The molecular weight excluding hydrogens is 402 g/mol. The number of benzene rings is 1. The van der Waals surface area contributed by atoms with Crippen LogP contribution < -0.4 is 20.1 Å². The van der Waals surface area contributed by atoms with Gasteiger partial charge in [0.25, 0.3) is 0 Å². The molecule has 0 fully saturated rings. The molecule has 2 heterocycles. The molecule has 7 nitrogen and oxygen atoms in total. The number of rotatable bonds is 8. The number of nitrogen functional groups attached to an aromatic ring is 1. The first-order valence-corrected chi connectivity index (χ1v) is 9.96. The maximum absolute atomic E-state index is 6.14. The lowest BCUT2D eigenvalue weighted by Gasteiger charge is -2.25. The summed E-state index contributed by atoms with van der Waals surface area (Å²) >= 11 is 6.14. The number of aromatic nitrogens is 3. The van der Waals surface area contributed by atoms with Crippen LogP contribution in [0, 0.1) is 13.8 Å². The monoisotopic (exact) mass is 427 g/mol. The third-order valence-electron chi connectivity index (χ3n) is 4.92. The van der Waals surface area contributed by atoms with E-state index in [9.17, 15) is 0 Å². The Labute approximate surface area is 181 Å². The van der Waals surface area contributed by atoms with E-state index in [0.29, 0.717) is 24.1 Å². The highest BCUT2D eigenvalue weighted by molar-refractivity contribution is 6.29. The van der Waals surface area contributed by atoms with Gasteiger partial charge in [0, 0.05) is 29.9 Å². The zero-order chi connectivity index (χ0) is 21.7. The van der Waals surface area contributed by atoms with E-state index in [1.165, 1.54) is 0 Å². The third kappa shape index (κ3) is 5.10. The molecule has 0 bridgehead atoms. The van der Waals surface area contributed by atoms with E-state index in [1.54, 1.807) is 20.3 Å². The molecule has 0 aliphatic carbocycles. The van der Waals surface area contributed by atoms with Crippen LogP contribution in [-0.4, -0.2) is 35.7 Å². The molecule has 0 unspecified atom stereocenters. The first-order chi connectivity index (χ1) is 14.4. The molecule has 3 aromatic rings. The molecule has 2 aromatic heterocycles. The van der Waals surface area contributed by atoms with Crippen LogP contribution in [0.2, 0.25) is 5.15 Å². The lowest BCUT2D eigenvalue weighted by atomic mass is 10.1. The molecule has 0 aliphatic rings. The van der Waals surface area contributed by atoms with Crippen LogP contribution in [0.5, 0.6) is 11.5 Å². The summed E-state index contributed by atoms with van der Waals surface area (Å²) in [6.07, 6.45) is 2.60. The van der Waals surface area contributed by atoms with Crippen molar-refractivity contribution in [3.05, 3.63) is 64.1 Å². The molecule has 0 saturated heterocycles. The normalized spacial score (nSPS) is 10.7. The summed E-state index contributed by atoms with van der Waals surface area (Å²) in [5.41, 5.74) is 9.89. The number of aryl methyl sites for hydroxylation is 1. The SMILES string of the molecule is COc1cccc(CCN(Cc2ncc(C)c(OC)c2C)c2cc(Cl)nc(N)n2)c1. The number of hydrogen-bond donors (Lipinski definition) is 1. The topological polar surface area (TPSA) is 86.4 Å². The Morgan fingerprint density at radius 3 is 2.60 bits per heavy atom. The standard InChI is InChI=1S/C22H26ClN5O2/c1-14-12-25-18(15(2)21(14)30-4)13-28(20-11-19(23)26-22(24)27-20)9-8-16-6-5-7-17(10-16)29-3/h5-7,10-12H,8-9,13H2,1-4H3,(H2,24,26,27). The zero-order valence-corrected chi connectivity index (χ0v) is 18.4. The van der Waals surface area contributed by atoms with Gasteiger partial charge < -0.3 is 20.1 Å². The number of pyridine rings is 1. The van der Waals surface area contributed by atoms with Gasteiger partial charge in [-0.1, -0.05) is 23.7 Å². The quantitative estimate of drug-likeness (QED) is 0.544.